The van der Waals surface area contributed by atoms with Crippen molar-refractivity contribution in [3.63, 3.8) is 0 Å². The number of para-hydroxylation sites is 1. The van der Waals surface area contributed by atoms with Crippen LogP contribution < -0.4 is 0 Å². The number of phenolic OH excluding ortho intramolecular Hbond substituents is 2. The van der Waals surface area contributed by atoms with E-state index in [1.165, 1.54) is 0 Å². The van der Waals surface area contributed by atoms with Crippen LogP contribution in [0.4, 0.5) is 0 Å². The van der Waals surface area contributed by atoms with Crippen molar-refractivity contribution in [2.75, 3.05) is 0 Å². The average Bonchev–Trinajstić information content (AvgIpc) is 2.75. The number of carboxylic acids is 1. The van der Waals surface area contributed by atoms with Crippen LogP contribution in [0.5, 0.6) is 11.5 Å². The Morgan fingerprint density at radius 1 is 0.727 bits per heavy atom. The molecule has 1 radical (unpaired) electrons. The number of hydrogen-bond acceptors (Lipinski definition) is 5. The van der Waals surface area contributed by atoms with Gasteiger partial charge in [-0.3, -0.25) is 4.79 Å². The van der Waals surface area contributed by atoms with E-state index in [0.717, 1.165) is 18.1 Å². The molecule has 169 valence electrons. The van der Waals surface area contributed by atoms with Crippen LogP contribution in [-0.2, 0) is 21.9 Å². The maximum absolute atomic E-state index is 10.4. The Hall–Kier alpha value is -3.67. The number of aliphatic carboxylic acids is 1. The first-order chi connectivity index (χ1) is 15.3. The topological polar surface area (TPSA) is 104 Å². The Morgan fingerprint density at radius 3 is 1.76 bits per heavy atom. The molecule has 0 aliphatic carbocycles. The molecule has 0 saturated carbocycles. The molecule has 0 saturated heterocycles. The summed E-state index contributed by atoms with van der Waals surface area (Å²) < 4.78 is 0. The molecule has 0 unspecified atom stereocenters. The van der Waals surface area contributed by atoms with E-state index in [9.17, 15) is 10.2 Å². The fourth-order valence-corrected chi connectivity index (χ4v) is 3.18. The number of aryl methyl sites for hydroxylation is 2. The average molecular weight is 483 g/mol. The molecule has 0 atom stereocenters. The van der Waals surface area contributed by atoms with Gasteiger partial charge >= 0.3 is 0 Å². The number of benzene rings is 2. The SMILES string of the molecule is CC(=O)O.Cc1ccc(-c2cccc(-c3cccc(-c4cccc(C)c4O)n3)n2)c(O)c1.[Mn]. The molecule has 0 aliphatic rings. The Bertz CT molecular complexity index is 1270. The van der Waals surface area contributed by atoms with Crippen molar-refractivity contribution in [1.29, 1.82) is 0 Å². The summed E-state index contributed by atoms with van der Waals surface area (Å²) in [5.41, 5.74) is 5.93. The Labute approximate surface area is 203 Å². The van der Waals surface area contributed by atoms with Crippen LogP contribution in [0.15, 0.2) is 72.8 Å². The van der Waals surface area contributed by atoms with Crippen molar-refractivity contribution in [2.45, 2.75) is 20.8 Å². The number of carboxylic acid groups (broad SMARTS) is 1. The number of phenols is 2. The molecule has 2 heterocycles. The summed E-state index contributed by atoms with van der Waals surface area (Å²) in [6.07, 6.45) is 0. The van der Waals surface area contributed by atoms with Crippen LogP contribution in [0.25, 0.3) is 33.9 Å². The van der Waals surface area contributed by atoms with Gasteiger partial charge in [-0.15, -0.1) is 0 Å². The quantitative estimate of drug-likeness (QED) is 0.328. The van der Waals surface area contributed by atoms with Crippen LogP contribution in [0.3, 0.4) is 0 Å². The summed E-state index contributed by atoms with van der Waals surface area (Å²) in [6.45, 7) is 4.88. The van der Waals surface area contributed by atoms with E-state index in [0.29, 0.717) is 33.9 Å². The van der Waals surface area contributed by atoms with E-state index in [4.69, 9.17) is 19.9 Å². The van der Waals surface area contributed by atoms with Crippen molar-refractivity contribution >= 4 is 5.97 Å². The van der Waals surface area contributed by atoms with E-state index in [1.807, 2.05) is 80.6 Å². The zero-order valence-electron chi connectivity index (χ0n) is 18.5. The predicted molar refractivity (Wildman–Crippen MR) is 124 cm³/mol. The number of nitrogens with zero attached hydrogens (tertiary/aromatic N) is 2. The van der Waals surface area contributed by atoms with Gasteiger partial charge in [0, 0.05) is 35.1 Å². The molecular formula is C26H24MnN2O4. The normalized spacial score (nSPS) is 9.91. The third-order valence-corrected chi connectivity index (χ3v) is 4.70. The number of carbonyl (C=O) groups is 1. The third kappa shape index (κ3) is 6.42. The summed E-state index contributed by atoms with van der Waals surface area (Å²) in [5, 5.41) is 28.1. The minimum Gasteiger partial charge on any atom is -0.507 e. The molecule has 6 nitrogen and oxygen atoms in total. The van der Waals surface area contributed by atoms with E-state index >= 15 is 0 Å². The summed E-state index contributed by atoms with van der Waals surface area (Å²) in [5.74, 6) is -0.394. The molecule has 4 aromatic rings. The molecule has 4 rings (SSSR count). The van der Waals surface area contributed by atoms with E-state index in [-0.39, 0.29) is 28.6 Å². The van der Waals surface area contributed by atoms with Crippen molar-refractivity contribution in [3.05, 3.63) is 83.9 Å². The minimum atomic E-state index is -0.833. The number of hydrogen-bond donors (Lipinski definition) is 3. The summed E-state index contributed by atoms with van der Waals surface area (Å²) >= 11 is 0. The number of pyridine rings is 2. The van der Waals surface area contributed by atoms with Gasteiger partial charge in [0.15, 0.2) is 0 Å². The molecular weight excluding hydrogens is 459 g/mol. The Kier molecular flexibility index (Phi) is 8.74. The van der Waals surface area contributed by atoms with Gasteiger partial charge in [0.2, 0.25) is 0 Å². The van der Waals surface area contributed by atoms with E-state index in [2.05, 4.69) is 0 Å². The number of aromatic hydroxyl groups is 2. The minimum absolute atomic E-state index is 0. The Balaban J connectivity index is 0.000000714. The molecule has 0 aliphatic heterocycles. The second kappa shape index (κ2) is 11.3. The molecule has 0 spiro atoms. The van der Waals surface area contributed by atoms with Crippen LogP contribution in [-0.4, -0.2) is 31.3 Å². The van der Waals surface area contributed by atoms with Crippen LogP contribution in [0.2, 0.25) is 0 Å². The fourth-order valence-electron chi connectivity index (χ4n) is 3.18. The maximum Gasteiger partial charge on any atom is 0.300 e. The summed E-state index contributed by atoms with van der Waals surface area (Å²) in [7, 11) is 0. The third-order valence-electron chi connectivity index (χ3n) is 4.70. The van der Waals surface area contributed by atoms with Gasteiger partial charge in [-0.25, -0.2) is 9.97 Å². The maximum atomic E-state index is 10.4. The molecule has 0 fully saturated rings. The first-order valence-electron chi connectivity index (χ1n) is 9.99. The molecule has 2 aromatic carbocycles. The second-order valence-electron chi connectivity index (χ2n) is 7.33. The molecule has 0 bridgehead atoms. The van der Waals surface area contributed by atoms with Gasteiger partial charge in [-0.2, -0.15) is 0 Å². The molecule has 0 amide bonds. The smallest absolute Gasteiger partial charge is 0.300 e. The standard InChI is InChI=1S/C24H20N2O2.C2H4O2.Mn/c1-15-12-13-17(23(27)14-15)19-8-4-10-21(25-19)22-11-5-9-20(26-22)18-7-3-6-16(2)24(18)28;1-2(3)4;/h3-14,27-28H,1-2H3;1H3,(H,3,4);. The molecule has 7 heteroatoms. The first kappa shape index (κ1) is 25.6. The summed E-state index contributed by atoms with van der Waals surface area (Å²) in [6, 6.07) is 22.5. The van der Waals surface area contributed by atoms with Crippen LogP contribution in [0.1, 0.15) is 18.1 Å². The fraction of sp³-hybridized carbons (Fsp3) is 0.115. The van der Waals surface area contributed by atoms with Crippen LogP contribution >= 0.6 is 0 Å². The van der Waals surface area contributed by atoms with Gasteiger partial charge in [0.05, 0.1) is 22.8 Å². The van der Waals surface area contributed by atoms with Crippen molar-refractivity contribution < 1.29 is 37.2 Å². The second-order valence-corrected chi connectivity index (χ2v) is 7.33. The molecule has 33 heavy (non-hydrogen) atoms. The number of rotatable bonds is 3. The monoisotopic (exact) mass is 483 g/mol. The first-order valence-corrected chi connectivity index (χ1v) is 9.99. The van der Waals surface area contributed by atoms with Gasteiger partial charge in [-0.05, 0) is 67.4 Å². The van der Waals surface area contributed by atoms with Gasteiger partial charge < -0.3 is 15.3 Å². The van der Waals surface area contributed by atoms with Crippen molar-refractivity contribution in [3.8, 4) is 45.4 Å². The molecule has 2 aromatic heterocycles. The van der Waals surface area contributed by atoms with Crippen molar-refractivity contribution in [2.24, 2.45) is 0 Å². The van der Waals surface area contributed by atoms with Crippen LogP contribution in [0, 0.1) is 13.8 Å². The van der Waals surface area contributed by atoms with E-state index < -0.39 is 5.97 Å². The van der Waals surface area contributed by atoms with Gasteiger partial charge in [-0.1, -0.05) is 30.3 Å². The zero-order chi connectivity index (χ0) is 23.3. The Morgan fingerprint density at radius 2 is 1.21 bits per heavy atom. The molecule has 3 N–H and O–H groups in total. The summed E-state index contributed by atoms with van der Waals surface area (Å²) in [4.78, 5) is 18.4. The number of aromatic nitrogens is 2. The van der Waals surface area contributed by atoms with Crippen molar-refractivity contribution in [1.82, 2.24) is 9.97 Å². The largest absolute Gasteiger partial charge is 0.507 e. The predicted octanol–water partition coefficient (Wildman–Crippen LogP) is 5.59. The van der Waals surface area contributed by atoms with Gasteiger partial charge in [0.25, 0.3) is 5.97 Å². The van der Waals surface area contributed by atoms with E-state index in [1.54, 1.807) is 6.07 Å². The van der Waals surface area contributed by atoms with Gasteiger partial charge in [0.1, 0.15) is 11.5 Å². The zero-order valence-corrected chi connectivity index (χ0v) is 19.6.